The van der Waals surface area contributed by atoms with Gasteiger partial charge in [-0.2, -0.15) is 0 Å². The molecular weight excluding hydrogens is 556 g/mol. The fourth-order valence-electron chi connectivity index (χ4n) is 3.93. The largest absolute Gasteiger partial charge is 0.484 e. The van der Waals surface area contributed by atoms with Gasteiger partial charge >= 0.3 is 0 Å². The number of amidine groups is 1. The van der Waals surface area contributed by atoms with Gasteiger partial charge in [-0.25, -0.2) is 4.98 Å². The average molecular weight is 593 g/mol. The second kappa shape index (κ2) is 16.1. The normalized spacial score (nSPS) is 10.5. The number of benzene rings is 2. The van der Waals surface area contributed by atoms with Crippen LogP contribution in [0.3, 0.4) is 0 Å². The zero-order valence-corrected chi connectivity index (χ0v) is 24.9. The Morgan fingerprint density at radius 3 is 2.29 bits per heavy atom. The Morgan fingerprint density at radius 2 is 1.62 bits per heavy atom. The van der Waals surface area contributed by atoms with E-state index < -0.39 is 11.8 Å². The number of anilines is 2. The first-order chi connectivity index (χ1) is 20.2. The molecule has 0 aliphatic carbocycles. The van der Waals surface area contributed by atoms with Gasteiger partial charge in [0.2, 0.25) is 0 Å². The second-order valence-electron chi connectivity index (χ2n) is 9.85. The van der Waals surface area contributed by atoms with Crippen molar-refractivity contribution in [1.82, 2.24) is 15.2 Å². The van der Waals surface area contributed by atoms with Crippen LogP contribution in [0.5, 0.6) is 5.75 Å². The summed E-state index contributed by atoms with van der Waals surface area (Å²) in [6, 6.07) is 14.3. The van der Waals surface area contributed by atoms with E-state index >= 15 is 0 Å². The molecule has 3 aromatic rings. The molecule has 4 N–H and O–H groups in total. The Kier molecular flexibility index (Phi) is 12.3. The molecule has 0 bridgehead atoms. The van der Waals surface area contributed by atoms with Crippen LogP contribution in [0.2, 0.25) is 5.02 Å². The van der Waals surface area contributed by atoms with Crippen LogP contribution >= 0.6 is 11.6 Å². The number of rotatable bonds is 14. The molecule has 10 nitrogen and oxygen atoms in total. The van der Waals surface area contributed by atoms with Gasteiger partial charge in [0.25, 0.3) is 17.7 Å². The molecule has 0 aliphatic rings. The van der Waals surface area contributed by atoms with E-state index in [1.165, 1.54) is 18.7 Å². The van der Waals surface area contributed by atoms with Gasteiger partial charge in [0.15, 0.2) is 6.61 Å². The molecular formula is C31H37ClN6O4. The van der Waals surface area contributed by atoms with Crippen LogP contribution in [0.15, 0.2) is 60.8 Å². The number of halogens is 1. The molecule has 3 rings (SSSR count). The third-order valence-electron chi connectivity index (χ3n) is 6.29. The number of carbonyl (C=O) groups is 3. The van der Waals surface area contributed by atoms with E-state index in [9.17, 15) is 14.4 Å². The summed E-state index contributed by atoms with van der Waals surface area (Å²) < 4.78 is 5.66. The van der Waals surface area contributed by atoms with Crippen LogP contribution in [-0.4, -0.2) is 60.7 Å². The summed E-state index contributed by atoms with van der Waals surface area (Å²) in [5, 5.41) is 16.8. The van der Waals surface area contributed by atoms with Gasteiger partial charge in [0, 0.05) is 38.0 Å². The SMILES string of the molecule is CCCCCCCNC(=O)COc1ccc(NC(=O)c2ccc(C(=N)N(C)C)cc2)c(C(=O)Nc2ccc(Cl)cn2)c1. The monoisotopic (exact) mass is 592 g/mol. The third kappa shape index (κ3) is 9.88. The Morgan fingerprint density at radius 1 is 0.905 bits per heavy atom. The van der Waals surface area contributed by atoms with Crippen LogP contribution < -0.4 is 20.7 Å². The fourth-order valence-corrected chi connectivity index (χ4v) is 4.04. The quantitative estimate of drug-likeness (QED) is 0.109. The number of ether oxygens (including phenoxy) is 1. The van der Waals surface area contributed by atoms with Gasteiger partial charge < -0.3 is 25.6 Å². The van der Waals surface area contributed by atoms with Gasteiger partial charge in [-0.1, -0.05) is 56.3 Å². The van der Waals surface area contributed by atoms with Crippen molar-refractivity contribution in [2.75, 3.05) is 37.9 Å². The van der Waals surface area contributed by atoms with Gasteiger partial charge in [-0.15, -0.1) is 0 Å². The van der Waals surface area contributed by atoms with Crippen LogP contribution in [0.25, 0.3) is 0 Å². The number of nitrogens with one attached hydrogen (secondary N) is 4. The minimum absolute atomic E-state index is 0.111. The number of aromatic nitrogens is 1. The highest BCUT2D eigenvalue weighted by Gasteiger charge is 2.18. The molecule has 1 heterocycles. The lowest BCUT2D eigenvalue weighted by molar-refractivity contribution is -0.123. The van der Waals surface area contributed by atoms with E-state index in [2.05, 4.69) is 27.9 Å². The standard InChI is InChI=1S/C31H37ClN6O4/c1-4-5-6-7-8-17-34-28(39)20-42-24-14-15-26(25(18-24)31(41)37-27-16-13-23(32)19-35-27)36-30(40)22-11-9-21(10-12-22)29(33)38(2)3/h9-16,18-19,33H,4-8,17,20H2,1-3H3,(H,34,39)(H,36,40)(H,35,37,41). The van der Waals surface area contributed by atoms with Crippen LogP contribution in [0, 0.1) is 5.41 Å². The van der Waals surface area contributed by atoms with Gasteiger partial charge in [-0.05, 0) is 48.9 Å². The van der Waals surface area contributed by atoms with Crippen molar-refractivity contribution in [3.8, 4) is 5.75 Å². The Labute approximate surface area is 251 Å². The number of nitrogens with zero attached hydrogens (tertiary/aromatic N) is 2. The second-order valence-corrected chi connectivity index (χ2v) is 10.3. The molecule has 1 aromatic heterocycles. The Bertz CT molecular complexity index is 1380. The molecule has 0 atom stereocenters. The molecule has 11 heteroatoms. The lowest BCUT2D eigenvalue weighted by Crippen LogP contribution is -2.29. The molecule has 0 saturated heterocycles. The van der Waals surface area contributed by atoms with E-state index in [1.54, 1.807) is 67.5 Å². The molecule has 0 spiro atoms. The smallest absolute Gasteiger partial charge is 0.259 e. The van der Waals surface area contributed by atoms with Crippen molar-refractivity contribution < 1.29 is 19.1 Å². The van der Waals surface area contributed by atoms with Crippen molar-refractivity contribution in [3.63, 3.8) is 0 Å². The number of unbranched alkanes of at least 4 members (excludes halogenated alkanes) is 4. The van der Waals surface area contributed by atoms with Crippen molar-refractivity contribution in [2.24, 2.45) is 0 Å². The van der Waals surface area contributed by atoms with Crippen LogP contribution in [0.1, 0.15) is 65.3 Å². The topological polar surface area (TPSA) is 137 Å². The van der Waals surface area contributed by atoms with Crippen molar-refractivity contribution >= 4 is 46.7 Å². The summed E-state index contributed by atoms with van der Waals surface area (Å²) in [7, 11) is 3.54. The van der Waals surface area contributed by atoms with E-state index in [0.29, 0.717) is 28.5 Å². The van der Waals surface area contributed by atoms with Gasteiger partial charge in [0.1, 0.15) is 17.4 Å². The van der Waals surface area contributed by atoms with E-state index in [-0.39, 0.29) is 35.3 Å². The Hall–Kier alpha value is -4.44. The summed E-state index contributed by atoms with van der Waals surface area (Å²) >= 11 is 5.90. The summed E-state index contributed by atoms with van der Waals surface area (Å²) in [6.45, 7) is 2.52. The minimum Gasteiger partial charge on any atom is -0.484 e. The minimum atomic E-state index is -0.545. The third-order valence-corrected chi connectivity index (χ3v) is 6.52. The molecule has 0 fully saturated rings. The molecule has 3 amide bonds. The maximum absolute atomic E-state index is 13.3. The Balaban J connectivity index is 1.73. The molecule has 0 unspecified atom stereocenters. The maximum atomic E-state index is 13.3. The number of pyridine rings is 1. The van der Waals surface area contributed by atoms with Gasteiger partial charge in [-0.3, -0.25) is 19.8 Å². The fraction of sp³-hybridized carbons (Fsp3) is 0.323. The highest BCUT2D eigenvalue weighted by atomic mass is 35.5. The number of hydrogen-bond acceptors (Lipinski definition) is 6. The van der Waals surface area contributed by atoms with Crippen molar-refractivity contribution in [1.29, 1.82) is 5.41 Å². The van der Waals surface area contributed by atoms with E-state index in [0.717, 1.165) is 25.7 Å². The zero-order valence-electron chi connectivity index (χ0n) is 24.1. The molecule has 2 aromatic carbocycles. The van der Waals surface area contributed by atoms with Crippen molar-refractivity contribution in [3.05, 3.63) is 82.5 Å². The van der Waals surface area contributed by atoms with Crippen molar-refractivity contribution in [2.45, 2.75) is 39.0 Å². The highest BCUT2D eigenvalue weighted by Crippen LogP contribution is 2.24. The average Bonchev–Trinajstić information content (AvgIpc) is 2.99. The van der Waals surface area contributed by atoms with E-state index in [1.807, 2.05) is 0 Å². The molecule has 222 valence electrons. The predicted molar refractivity (Wildman–Crippen MR) is 166 cm³/mol. The number of amides is 3. The molecule has 42 heavy (non-hydrogen) atoms. The summed E-state index contributed by atoms with van der Waals surface area (Å²) in [4.78, 5) is 44.3. The lowest BCUT2D eigenvalue weighted by Gasteiger charge is -2.15. The molecule has 0 aliphatic heterocycles. The van der Waals surface area contributed by atoms with Gasteiger partial charge in [0.05, 0.1) is 16.3 Å². The number of carbonyl (C=O) groups excluding carboxylic acids is 3. The highest BCUT2D eigenvalue weighted by molar-refractivity contribution is 6.30. The molecule has 0 saturated carbocycles. The van der Waals surface area contributed by atoms with Crippen LogP contribution in [-0.2, 0) is 4.79 Å². The maximum Gasteiger partial charge on any atom is 0.259 e. The summed E-state index contributed by atoms with van der Waals surface area (Å²) in [5.74, 6) is -0.379. The summed E-state index contributed by atoms with van der Waals surface area (Å²) in [5.41, 5.74) is 1.36. The van der Waals surface area contributed by atoms with E-state index in [4.69, 9.17) is 21.7 Å². The molecule has 0 radical (unpaired) electrons. The first-order valence-corrected chi connectivity index (χ1v) is 14.2. The predicted octanol–water partition coefficient (Wildman–Crippen LogP) is 5.59. The summed E-state index contributed by atoms with van der Waals surface area (Å²) in [6.07, 6.45) is 6.87. The first-order valence-electron chi connectivity index (χ1n) is 13.8. The lowest BCUT2D eigenvalue weighted by atomic mass is 10.1. The van der Waals surface area contributed by atoms with Crippen LogP contribution in [0.4, 0.5) is 11.5 Å². The zero-order chi connectivity index (χ0) is 30.5. The number of hydrogen-bond donors (Lipinski definition) is 4. The first kappa shape index (κ1) is 32.1.